The Morgan fingerprint density at radius 1 is 0.621 bits per heavy atom. The first-order valence-electron chi connectivity index (χ1n) is 12.7. The fourth-order valence-corrected chi connectivity index (χ4v) is 4.17. The first-order chi connectivity index (χ1) is 14.3. The molecule has 0 spiro atoms. The van der Waals surface area contributed by atoms with Crippen LogP contribution in [0.15, 0.2) is 18.2 Å². The average molecular weight is 400 g/mol. The van der Waals surface area contributed by atoms with Crippen molar-refractivity contribution < 1.29 is 0 Å². The van der Waals surface area contributed by atoms with Crippen LogP contribution in [-0.2, 0) is 13.0 Å². The lowest BCUT2D eigenvalue weighted by molar-refractivity contribution is 0.483. The lowest BCUT2D eigenvalue weighted by atomic mass is 10.0. The van der Waals surface area contributed by atoms with Crippen molar-refractivity contribution in [1.29, 1.82) is 0 Å². The van der Waals surface area contributed by atoms with Gasteiger partial charge in [-0.2, -0.15) is 15.0 Å². The van der Waals surface area contributed by atoms with Gasteiger partial charge in [0.1, 0.15) is 11.0 Å². The molecular formula is C26H45N3. The fourth-order valence-electron chi connectivity index (χ4n) is 4.17. The maximum absolute atomic E-state index is 4.82. The van der Waals surface area contributed by atoms with Gasteiger partial charge in [-0.25, -0.2) is 0 Å². The molecule has 1 aromatic carbocycles. The van der Waals surface area contributed by atoms with Gasteiger partial charge in [-0.15, -0.1) is 0 Å². The first kappa shape index (κ1) is 23.9. The Morgan fingerprint density at radius 3 is 1.79 bits per heavy atom. The van der Waals surface area contributed by atoms with Crippen LogP contribution in [0.5, 0.6) is 0 Å². The molecule has 0 atom stereocenters. The zero-order valence-corrected chi connectivity index (χ0v) is 19.3. The van der Waals surface area contributed by atoms with E-state index in [4.69, 9.17) is 10.2 Å². The number of aryl methyl sites for hydroxylation is 2. The Morgan fingerprint density at radius 2 is 1.17 bits per heavy atom. The van der Waals surface area contributed by atoms with Gasteiger partial charge < -0.3 is 0 Å². The second-order valence-electron chi connectivity index (χ2n) is 8.78. The summed E-state index contributed by atoms with van der Waals surface area (Å²) in [6, 6.07) is 6.50. The fraction of sp³-hybridized carbons (Fsp3) is 0.769. The summed E-state index contributed by atoms with van der Waals surface area (Å²) >= 11 is 0. The molecule has 1 aromatic heterocycles. The minimum absolute atomic E-state index is 0.960. The second-order valence-corrected chi connectivity index (χ2v) is 8.78. The van der Waals surface area contributed by atoms with Crippen LogP contribution in [0.2, 0.25) is 0 Å². The maximum Gasteiger partial charge on any atom is 0.116 e. The molecule has 29 heavy (non-hydrogen) atoms. The summed E-state index contributed by atoms with van der Waals surface area (Å²) in [5.74, 6) is 0. The monoisotopic (exact) mass is 399 g/mol. The van der Waals surface area contributed by atoms with Crippen molar-refractivity contribution in [3.63, 3.8) is 0 Å². The highest BCUT2D eigenvalue weighted by molar-refractivity contribution is 5.77. The van der Waals surface area contributed by atoms with Gasteiger partial charge in [0, 0.05) is 0 Å². The molecule has 0 saturated carbocycles. The van der Waals surface area contributed by atoms with Crippen LogP contribution in [0.4, 0.5) is 0 Å². The number of aromatic nitrogens is 3. The summed E-state index contributed by atoms with van der Waals surface area (Å²) in [6.45, 7) is 5.52. The average Bonchev–Trinajstić information content (AvgIpc) is 3.15. The molecule has 164 valence electrons. The number of benzene rings is 1. The predicted molar refractivity (Wildman–Crippen MR) is 126 cm³/mol. The summed E-state index contributed by atoms with van der Waals surface area (Å²) < 4.78 is 0. The van der Waals surface area contributed by atoms with Crippen molar-refractivity contribution in [3.8, 4) is 0 Å². The van der Waals surface area contributed by atoms with Crippen LogP contribution in [0.3, 0.4) is 0 Å². The van der Waals surface area contributed by atoms with E-state index in [2.05, 4.69) is 32.0 Å². The van der Waals surface area contributed by atoms with E-state index in [1.165, 1.54) is 108 Å². The number of nitrogens with zero attached hydrogens (tertiary/aromatic N) is 3. The third-order valence-electron chi connectivity index (χ3n) is 6.05. The third kappa shape index (κ3) is 9.78. The van der Waals surface area contributed by atoms with E-state index in [0.29, 0.717) is 0 Å². The van der Waals surface area contributed by atoms with Crippen LogP contribution in [-0.4, -0.2) is 15.0 Å². The molecule has 0 bridgehead atoms. The topological polar surface area (TPSA) is 30.7 Å². The van der Waals surface area contributed by atoms with E-state index < -0.39 is 0 Å². The van der Waals surface area contributed by atoms with Gasteiger partial charge in [-0.1, -0.05) is 116 Å². The summed E-state index contributed by atoms with van der Waals surface area (Å²) in [4.78, 5) is 1.94. The van der Waals surface area contributed by atoms with Crippen LogP contribution in [0.25, 0.3) is 11.0 Å². The standard InChI is InChI=1S/C26H45N3/c1-3-5-7-9-11-12-13-14-16-18-23-29-27-25-22-19-21-24(26(25)28-29)20-17-15-10-8-6-4-2/h19,21-22H,3-18,20,23H2,1-2H3. The van der Waals surface area contributed by atoms with E-state index in [9.17, 15) is 0 Å². The van der Waals surface area contributed by atoms with Crippen molar-refractivity contribution in [2.45, 2.75) is 130 Å². The van der Waals surface area contributed by atoms with E-state index in [0.717, 1.165) is 24.0 Å². The lowest BCUT2D eigenvalue weighted by Gasteiger charge is -2.03. The molecule has 2 aromatic rings. The van der Waals surface area contributed by atoms with Gasteiger partial charge in [0.25, 0.3) is 0 Å². The predicted octanol–water partition coefficient (Wildman–Crippen LogP) is 8.26. The van der Waals surface area contributed by atoms with E-state index in [1.54, 1.807) is 0 Å². The number of unbranched alkanes of at least 4 members (excludes halogenated alkanes) is 14. The van der Waals surface area contributed by atoms with Crippen LogP contribution in [0, 0.1) is 0 Å². The highest BCUT2D eigenvalue weighted by atomic mass is 15.5. The molecule has 0 unspecified atom stereocenters. The molecule has 0 amide bonds. The van der Waals surface area contributed by atoms with E-state index in [-0.39, 0.29) is 0 Å². The van der Waals surface area contributed by atoms with Gasteiger partial charge >= 0.3 is 0 Å². The zero-order valence-electron chi connectivity index (χ0n) is 19.3. The van der Waals surface area contributed by atoms with Crippen LogP contribution >= 0.6 is 0 Å². The van der Waals surface area contributed by atoms with Crippen LogP contribution < -0.4 is 0 Å². The molecule has 0 fully saturated rings. The smallest absolute Gasteiger partial charge is 0.116 e. The summed E-state index contributed by atoms with van der Waals surface area (Å²) in [7, 11) is 0. The second kappa shape index (κ2) is 15.5. The van der Waals surface area contributed by atoms with Crippen molar-refractivity contribution in [2.75, 3.05) is 0 Å². The molecule has 0 aliphatic heterocycles. The molecule has 1 heterocycles. The van der Waals surface area contributed by atoms with Gasteiger partial charge in [0.05, 0.1) is 6.54 Å². The molecule has 0 saturated heterocycles. The summed E-state index contributed by atoms with van der Waals surface area (Å²) in [6.07, 6.45) is 22.9. The van der Waals surface area contributed by atoms with Crippen molar-refractivity contribution in [2.24, 2.45) is 0 Å². The van der Waals surface area contributed by atoms with Crippen molar-refractivity contribution >= 4 is 11.0 Å². The van der Waals surface area contributed by atoms with E-state index >= 15 is 0 Å². The largest absolute Gasteiger partial charge is 0.184 e. The van der Waals surface area contributed by atoms with Gasteiger partial charge in [0.2, 0.25) is 0 Å². The SMILES string of the molecule is CCCCCCCCCCCCn1nc2cccc(CCCCCCCC)c2n1. The van der Waals surface area contributed by atoms with Gasteiger partial charge in [0.15, 0.2) is 0 Å². The number of fused-ring (bicyclic) bond motifs is 1. The third-order valence-corrected chi connectivity index (χ3v) is 6.05. The Kier molecular flexibility index (Phi) is 12.7. The highest BCUT2D eigenvalue weighted by Gasteiger charge is 2.07. The number of hydrogen-bond acceptors (Lipinski definition) is 2. The first-order valence-corrected chi connectivity index (χ1v) is 12.7. The highest BCUT2D eigenvalue weighted by Crippen LogP contribution is 2.18. The molecular weight excluding hydrogens is 354 g/mol. The molecule has 3 nitrogen and oxygen atoms in total. The van der Waals surface area contributed by atoms with Crippen LogP contribution in [0.1, 0.15) is 122 Å². The molecule has 0 radical (unpaired) electrons. The Labute approximate surface area is 179 Å². The minimum atomic E-state index is 0.960. The van der Waals surface area contributed by atoms with Crippen molar-refractivity contribution in [1.82, 2.24) is 15.0 Å². The summed E-state index contributed by atoms with van der Waals surface area (Å²) in [5.41, 5.74) is 3.58. The Hall–Kier alpha value is -1.38. The molecule has 0 aliphatic rings. The molecule has 0 N–H and O–H groups in total. The minimum Gasteiger partial charge on any atom is -0.184 e. The van der Waals surface area contributed by atoms with Crippen molar-refractivity contribution in [3.05, 3.63) is 23.8 Å². The van der Waals surface area contributed by atoms with Gasteiger partial charge in [-0.3, -0.25) is 0 Å². The van der Waals surface area contributed by atoms with Gasteiger partial charge in [-0.05, 0) is 30.9 Å². The number of hydrogen-bond donors (Lipinski definition) is 0. The molecule has 3 heteroatoms. The summed E-state index contributed by atoms with van der Waals surface area (Å²) in [5, 5.41) is 9.55. The maximum atomic E-state index is 4.82. The molecule has 2 rings (SSSR count). The molecule has 0 aliphatic carbocycles. The quantitative estimate of drug-likeness (QED) is 0.236. The Balaban J connectivity index is 1.63. The zero-order chi connectivity index (χ0) is 20.6. The normalized spacial score (nSPS) is 11.5. The Bertz CT molecular complexity index is 646. The lowest BCUT2D eigenvalue weighted by Crippen LogP contribution is -2.02. The van der Waals surface area contributed by atoms with E-state index in [1.807, 2.05) is 4.80 Å². The number of rotatable bonds is 18.